The zero-order valence-electron chi connectivity index (χ0n) is 16.5. The van der Waals surface area contributed by atoms with Crippen molar-refractivity contribution in [2.45, 2.75) is 72.3 Å². The van der Waals surface area contributed by atoms with Gasteiger partial charge in [-0.2, -0.15) is 0 Å². The van der Waals surface area contributed by atoms with E-state index < -0.39 is 12.1 Å². The molecule has 1 aromatic carbocycles. The van der Waals surface area contributed by atoms with E-state index in [4.69, 9.17) is 9.47 Å². The number of ether oxygens (including phenoxy) is 2. The fourth-order valence-corrected chi connectivity index (χ4v) is 3.60. The van der Waals surface area contributed by atoms with E-state index in [9.17, 15) is 4.79 Å². The van der Waals surface area contributed by atoms with Crippen molar-refractivity contribution in [3.8, 4) is 5.75 Å². The summed E-state index contributed by atoms with van der Waals surface area (Å²) in [6, 6.07) is 8.18. The summed E-state index contributed by atoms with van der Waals surface area (Å²) in [7, 11) is 0. The second-order valence-corrected chi connectivity index (χ2v) is 8.56. The van der Waals surface area contributed by atoms with Crippen molar-refractivity contribution in [1.82, 2.24) is 0 Å². The van der Waals surface area contributed by atoms with E-state index in [1.54, 1.807) is 13.8 Å². The second kappa shape index (κ2) is 7.23. The van der Waals surface area contributed by atoms with Crippen LogP contribution >= 0.6 is 0 Å². The summed E-state index contributed by atoms with van der Waals surface area (Å²) in [5.41, 5.74) is 1.97. The van der Waals surface area contributed by atoms with Gasteiger partial charge in [-0.15, -0.1) is 0 Å². The number of rotatable bonds is 5. The summed E-state index contributed by atoms with van der Waals surface area (Å²) in [4.78, 5) is 11.8. The number of esters is 1. The van der Waals surface area contributed by atoms with Crippen molar-refractivity contribution in [2.75, 3.05) is 0 Å². The molecule has 1 aliphatic carbocycles. The van der Waals surface area contributed by atoms with Gasteiger partial charge >= 0.3 is 5.97 Å². The average molecular weight is 344 g/mol. The molecule has 1 saturated carbocycles. The maximum absolute atomic E-state index is 11.8. The molecule has 0 N–H and O–H groups in total. The lowest BCUT2D eigenvalue weighted by atomic mass is 9.59. The molecule has 1 aliphatic rings. The van der Waals surface area contributed by atoms with E-state index in [2.05, 4.69) is 46.4 Å². The van der Waals surface area contributed by atoms with Gasteiger partial charge in [0.25, 0.3) is 0 Å². The van der Waals surface area contributed by atoms with Crippen LogP contribution in [0.4, 0.5) is 0 Å². The van der Waals surface area contributed by atoms with Gasteiger partial charge in [-0.25, -0.2) is 4.79 Å². The van der Waals surface area contributed by atoms with E-state index in [-0.39, 0.29) is 5.41 Å². The fraction of sp³-hybridized carbons (Fsp3) is 0.591. The lowest BCUT2D eigenvalue weighted by Gasteiger charge is -2.46. The average Bonchev–Trinajstić information content (AvgIpc) is 2.52. The standard InChI is InChI=1S/C22H32O3/c1-15(2)24-20(23)17(4)25-19-10-8-18(9-11-19)22(7)13-12-21(5,6)16(3)14-22/h8-11,16-17H,1,12-14H2,2-7H3. The predicted octanol–water partition coefficient (Wildman–Crippen LogP) is 5.63. The van der Waals surface area contributed by atoms with Gasteiger partial charge < -0.3 is 9.47 Å². The zero-order chi connectivity index (χ0) is 18.8. The Balaban J connectivity index is 2.05. The Hall–Kier alpha value is -1.77. The Labute approximate surface area is 152 Å². The van der Waals surface area contributed by atoms with E-state index in [1.165, 1.54) is 24.8 Å². The second-order valence-electron chi connectivity index (χ2n) is 8.56. The van der Waals surface area contributed by atoms with Crippen LogP contribution in [-0.2, 0) is 14.9 Å². The number of carbonyl (C=O) groups excluding carboxylic acids is 1. The van der Waals surface area contributed by atoms with Crippen LogP contribution in [0, 0.1) is 11.3 Å². The molecule has 2 rings (SSSR count). The number of hydrogen-bond acceptors (Lipinski definition) is 3. The summed E-state index contributed by atoms with van der Waals surface area (Å²) in [5.74, 6) is 1.33. The van der Waals surface area contributed by atoms with Gasteiger partial charge in [0.15, 0.2) is 6.10 Å². The molecular weight excluding hydrogens is 312 g/mol. The molecule has 3 atom stereocenters. The van der Waals surface area contributed by atoms with E-state index in [1.807, 2.05) is 12.1 Å². The van der Waals surface area contributed by atoms with Gasteiger partial charge in [-0.1, -0.05) is 46.4 Å². The topological polar surface area (TPSA) is 35.5 Å². The Morgan fingerprint density at radius 3 is 2.32 bits per heavy atom. The monoisotopic (exact) mass is 344 g/mol. The first-order valence-corrected chi connectivity index (χ1v) is 9.18. The quantitative estimate of drug-likeness (QED) is 0.512. The van der Waals surface area contributed by atoms with Gasteiger partial charge in [-0.3, -0.25) is 0 Å². The highest BCUT2D eigenvalue weighted by molar-refractivity contribution is 5.75. The van der Waals surface area contributed by atoms with Crippen LogP contribution in [0.25, 0.3) is 0 Å². The van der Waals surface area contributed by atoms with Crippen molar-refractivity contribution >= 4 is 5.97 Å². The van der Waals surface area contributed by atoms with Crippen LogP contribution in [0.1, 0.15) is 66.4 Å². The minimum absolute atomic E-state index is 0.206. The van der Waals surface area contributed by atoms with Gasteiger partial charge in [0, 0.05) is 0 Å². The molecule has 1 aromatic rings. The van der Waals surface area contributed by atoms with E-state index in [0.29, 0.717) is 22.8 Å². The Morgan fingerprint density at radius 2 is 1.80 bits per heavy atom. The summed E-state index contributed by atoms with van der Waals surface area (Å²) in [6.45, 7) is 16.4. The SMILES string of the molecule is C=C(C)OC(=O)C(C)Oc1ccc(C2(C)CCC(C)(C)C(C)C2)cc1. The third kappa shape index (κ3) is 4.65. The van der Waals surface area contributed by atoms with Crippen LogP contribution in [-0.4, -0.2) is 12.1 Å². The molecule has 0 spiro atoms. The van der Waals surface area contributed by atoms with Crippen molar-refractivity contribution < 1.29 is 14.3 Å². The van der Waals surface area contributed by atoms with Crippen LogP contribution in [0.15, 0.2) is 36.6 Å². The largest absolute Gasteiger partial charge is 0.479 e. The highest BCUT2D eigenvalue weighted by atomic mass is 16.6. The zero-order valence-corrected chi connectivity index (χ0v) is 16.5. The van der Waals surface area contributed by atoms with Crippen molar-refractivity contribution in [3.63, 3.8) is 0 Å². The maximum atomic E-state index is 11.8. The number of allylic oxidation sites excluding steroid dienone is 1. The molecule has 0 radical (unpaired) electrons. The molecular formula is C22H32O3. The molecule has 0 heterocycles. The predicted molar refractivity (Wildman–Crippen MR) is 102 cm³/mol. The van der Waals surface area contributed by atoms with Crippen molar-refractivity contribution in [1.29, 1.82) is 0 Å². The molecule has 0 aromatic heterocycles. The van der Waals surface area contributed by atoms with Crippen LogP contribution in [0.5, 0.6) is 5.75 Å². The number of benzene rings is 1. The molecule has 0 aliphatic heterocycles. The fourth-order valence-electron chi connectivity index (χ4n) is 3.60. The third-order valence-corrected chi connectivity index (χ3v) is 5.88. The summed E-state index contributed by atoms with van der Waals surface area (Å²) >= 11 is 0. The first-order valence-electron chi connectivity index (χ1n) is 9.18. The molecule has 25 heavy (non-hydrogen) atoms. The van der Waals surface area contributed by atoms with Crippen LogP contribution in [0.3, 0.4) is 0 Å². The molecule has 3 unspecified atom stereocenters. The summed E-state index contributed by atoms with van der Waals surface area (Å²) in [5, 5.41) is 0. The lowest BCUT2D eigenvalue weighted by molar-refractivity contribution is -0.146. The molecule has 0 amide bonds. The smallest absolute Gasteiger partial charge is 0.352 e. The first kappa shape index (κ1) is 19.6. The maximum Gasteiger partial charge on any atom is 0.352 e. The minimum Gasteiger partial charge on any atom is -0.479 e. The van der Waals surface area contributed by atoms with Gasteiger partial charge in [0.1, 0.15) is 5.75 Å². The highest BCUT2D eigenvalue weighted by Gasteiger charge is 2.40. The lowest BCUT2D eigenvalue weighted by Crippen LogP contribution is -2.38. The Bertz CT molecular complexity index is 629. The molecule has 0 saturated heterocycles. The molecule has 0 bridgehead atoms. The van der Waals surface area contributed by atoms with Gasteiger partial charge in [0.2, 0.25) is 0 Å². The van der Waals surface area contributed by atoms with E-state index in [0.717, 1.165) is 0 Å². The van der Waals surface area contributed by atoms with Crippen molar-refractivity contribution in [3.05, 3.63) is 42.2 Å². The Kier molecular flexibility index (Phi) is 5.65. The van der Waals surface area contributed by atoms with E-state index >= 15 is 0 Å². The molecule has 3 heteroatoms. The molecule has 1 fully saturated rings. The Morgan fingerprint density at radius 1 is 1.20 bits per heavy atom. The first-order chi connectivity index (χ1) is 11.5. The minimum atomic E-state index is -0.659. The summed E-state index contributed by atoms with van der Waals surface area (Å²) < 4.78 is 10.7. The number of hydrogen-bond donors (Lipinski definition) is 0. The normalized spacial score (nSPS) is 26.6. The van der Waals surface area contributed by atoms with Crippen LogP contribution in [0.2, 0.25) is 0 Å². The van der Waals surface area contributed by atoms with Gasteiger partial charge in [-0.05, 0) is 67.6 Å². The van der Waals surface area contributed by atoms with Gasteiger partial charge in [0.05, 0.1) is 5.76 Å². The van der Waals surface area contributed by atoms with Crippen molar-refractivity contribution in [2.24, 2.45) is 11.3 Å². The number of carbonyl (C=O) groups is 1. The third-order valence-electron chi connectivity index (χ3n) is 5.88. The van der Waals surface area contributed by atoms with Crippen LogP contribution < -0.4 is 4.74 Å². The highest BCUT2D eigenvalue weighted by Crippen LogP contribution is 2.49. The summed E-state index contributed by atoms with van der Waals surface area (Å²) in [6.07, 6.45) is 2.98. The molecule has 3 nitrogen and oxygen atoms in total. The molecule has 138 valence electrons.